The first-order valence-corrected chi connectivity index (χ1v) is 28.4. The molecule has 66 heavy (non-hydrogen) atoms. The molecule has 0 N–H and O–H groups in total. The molecule has 320 valence electrons. The zero-order valence-electron chi connectivity index (χ0n) is 37.5. The summed E-state index contributed by atoms with van der Waals surface area (Å²) in [5.41, 5.74) is 13.2. The van der Waals surface area contributed by atoms with Crippen molar-refractivity contribution in [1.29, 1.82) is 0 Å². The summed E-state index contributed by atoms with van der Waals surface area (Å²) >= 11 is 1.74. The number of aryl methyl sites for hydroxylation is 2. The average Bonchev–Trinajstić information content (AvgIpc) is 3.92. The van der Waals surface area contributed by atoms with Crippen LogP contribution in [0.3, 0.4) is 0 Å². The van der Waals surface area contributed by atoms with Crippen molar-refractivity contribution in [2.75, 3.05) is 0 Å². The summed E-state index contributed by atoms with van der Waals surface area (Å²) in [5.74, 6) is 0. The van der Waals surface area contributed by atoms with Crippen molar-refractivity contribution in [2.45, 2.75) is 26.9 Å². The molecule has 0 radical (unpaired) electrons. The minimum absolute atomic E-state index is 0. The van der Waals surface area contributed by atoms with Gasteiger partial charge in [0.15, 0.2) is 0 Å². The Balaban J connectivity index is 0.000000162. The van der Waals surface area contributed by atoms with Gasteiger partial charge >= 0.3 is 41.9 Å². The molecule has 0 unspecified atom stereocenters. The van der Waals surface area contributed by atoms with Crippen LogP contribution in [0.25, 0.3) is 109 Å². The summed E-state index contributed by atoms with van der Waals surface area (Å²) in [6, 6.07) is 79.6. The van der Waals surface area contributed by atoms with Crippen molar-refractivity contribution in [1.82, 2.24) is 0 Å². The minimum atomic E-state index is 0. The first-order chi connectivity index (χ1) is 31.3. The molecule has 0 saturated carbocycles. The molecule has 0 amide bonds. The van der Waals surface area contributed by atoms with Gasteiger partial charge in [-0.1, -0.05) is 241 Å². The van der Waals surface area contributed by atoms with E-state index in [-0.39, 0.29) is 30.2 Å². The van der Waals surface area contributed by atoms with Gasteiger partial charge in [-0.05, 0) is 54.2 Å². The second kappa shape index (κ2) is 20.3. The predicted octanol–water partition coefficient (Wildman–Crippen LogP) is 11.8. The Morgan fingerprint density at radius 2 is 0.530 bits per heavy atom. The van der Waals surface area contributed by atoms with E-state index in [2.05, 4.69) is 245 Å². The van der Waals surface area contributed by atoms with Crippen LogP contribution in [0.15, 0.2) is 218 Å². The number of hydrogen-bond donors (Lipinski definition) is 0. The average molecular weight is 983 g/mol. The van der Waals surface area contributed by atoms with E-state index in [1.165, 1.54) is 120 Å². The first-order valence-electron chi connectivity index (χ1n) is 22.2. The Labute approximate surface area is 415 Å². The number of fused-ring (bicyclic) bond motifs is 6. The van der Waals surface area contributed by atoms with E-state index in [0.717, 1.165) is 0 Å². The van der Waals surface area contributed by atoms with E-state index in [1.807, 2.05) is 0 Å². The molecular weight excluding hydrogens is 935 g/mol. The fourth-order valence-electron chi connectivity index (χ4n) is 9.67. The molecule has 12 rings (SSSR count). The second-order valence-corrected chi connectivity index (χ2v) is 26.5. The molecule has 0 aliphatic rings. The third-order valence-electron chi connectivity index (χ3n) is 12.4. The summed E-state index contributed by atoms with van der Waals surface area (Å²) < 4.78 is 0. The van der Waals surface area contributed by atoms with Crippen LogP contribution in [0.2, 0.25) is 13.1 Å². The van der Waals surface area contributed by atoms with Crippen molar-refractivity contribution in [3.05, 3.63) is 230 Å². The van der Waals surface area contributed by atoms with Crippen LogP contribution < -0.4 is 24.8 Å². The first kappa shape index (κ1) is 46.7. The maximum atomic E-state index is 2.33. The number of hydrogen-bond acceptors (Lipinski definition) is 0. The van der Waals surface area contributed by atoms with Gasteiger partial charge in [-0.15, -0.1) is 44.8 Å². The SMILES string of the molecule is C[Si](C)=[Zr+2].Cc1cc2c(-c3cccc4ccccc34)ccc(-c3cccc4ccccc34)c2[cH-]1.Cc1cc2c(-c3cccc4ccccc34)ccc(-c3cccc4ccccc34)c2[cH-]1.[Cl-].[Cl-]. The summed E-state index contributed by atoms with van der Waals surface area (Å²) in [7, 11) is 0. The van der Waals surface area contributed by atoms with E-state index in [9.17, 15) is 0 Å². The van der Waals surface area contributed by atoms with Crippen LogP contribution in [0.4, 0.5) is 0 Å². The molecule has 4 heteroatoms. The Morgan fingerprint density at radius 3 is 0.833 bits per heavy atom. The Bertz CT molecular complexity index is 3210. The van der Waals surface area contributed by atoms with Gasteiger partial charge in [0.2, 0.25) is 0 Å². The van der Waals surface area contributed by atoms with Crippen molar-refractivity contribution in [2.24, 2.45) is 0 Å². The molecule has 0 heterocycles. The molecule has 0 bridgehead atoms. The minimum Gasteiger partial charge on any atom is -1.00 e. The molecule has 0 nitrogen and oxygen atoms in total. The molecule has 0 atom stereocenters. The summed E-state index contributed by atoms with van der Waals surface area (Å²) in [5, 5.41) is 15.7. The molecule has 0 spiro atoms. The van der Waals surface area contributed by atoms with Crippen LogP contribution in [0.1, 0.15) is 11.1 Å². The summed E-state index contributed by atoms with van der Waals surface area (Å²) in [6.45, 7) is 9.01. The fourth-order valence-corrected chi connectivity index (χ4v) is 9.67. The van der Waals surface area contributed by atoms with E-state index in [1.54, 1.807) is 23.3 Å². The molecule has 0 aliphatic heterocycles. The summed E-state index contributed by atoms with van der Waals surface area (Å²) in [4.78, 5) is 0. The molecule has 0 saturated heterocycles. The van der Waals surface area contributed by atoms with Crippen molar-refractivity contribution < 1.29 is 48.1 Å². The third-order valence-corrected chi connectivity index (χ3v) is 12.4. The number of halogens is 2. The van der Waals surface area contributed by atoms with Crippen LogP contribution in [-0.2, 0) is 23.3 Å². The van der Waals surface area contributed by atoms with E-state index in [0.29, 0.717) is 0 Å². The Kier molecular flexibility index (Phi) is 14.4. The van der Waals surface area contributed by atoms with Gasteiger partial charge in [0.1, 0.15) is 0 Å². The van der Waals surface area contributed by atoms with E-state index >= 15 is 0 Å². The maximum Gasteiger partial charge on any atom is -0.0114 e. The topological polar surface area (TPSA) is 0 Å². The second-order valence-electron chi connectivity index (χ2n) is 17.1. The Morgan fingerprint density at radius 1 is 0.303 bits per heavy atom. The fraction of sp³-hybridized carbons (Fsp3) is 0.0645. The quantitative estimate of drug-likeness (QED) is 0.122. The molecule has 0 aromatic heterocycles. The van der Waals surface area contributed by atoms with Crippen LogP contribution in [0.5, 0.6) is 0 Å². The summed E-state index contributed by atoms with van der Waals surface area (Å²) in [6.07, 6.45) is 0. The zero-order valence-corrected chi connectivity index (χ0v) is 42.5. The largest absolute Gasteiger partial charge is 1.00 e. The van der Waals surface area contributed by atoms with Crippen LogP contribution in [-0.4, -0.2) is 5.43 Å². The molecular formula is C62H48Cl2SiZr-2. The van der Waals surface area contributed by atoms with Crippen molar-refractivity contribution in [3.63, 3.8) is 0 Å². The molecule has 0 aliphatic carbocycles. The monoisotopic (exact) mass is 980 g/mol. The van der Waals surface area contributed by atoms with Gasteiger partial charge in [0, 0.05) is 0 Å². The van der Waals surface area contributed by atoms with Gasteiger partial charge in [-0.3, -0.25) is 0 Å². The van der Waals surface area contributed by atoms with Crippen LogP contribution in [0, 0.1) is 13.8 Å². The van der Waals surface area contributed by atoms with E-state index in [4.69, 9.17) is 0 Å². The smallest absolute Gasteiger partial charge is 0.0114 e. The van der Waals surface area contributed by atoms with Gasteiger partial charge < -0.3 is 24.8 Å². The number of rotatable bonds is 4. The molecule has 12 aromatic carbocycles. The van der Waals surface area contributed by atoms with Gasteiger partial charge in [0.25, 0.3) is 0 Å². The van der Waals surface area contributed by atoms with Gasteiger partial charge in [-0.25, -0.2) is 0 Å². The van der Waals surface area contributed by atoms with Gasteiger partial charge in [-0.2, -0.15) is 12.1 Å². The standard InChI is InChI=1S/2C30H21.C2H6Si.2ClH.Zr/c2*1-20-18-29-27(25-14-6-10-21-8-2-4-12-23(21)25)16-17-28(30(29)19-20)26-15-7-11-22-9-3-5-13-24(22)26;1-3-2;;;/h2*2-19H,1H3;1-2H3;2*1H;/q2*-1;;;;+2/p-2. The van der Waals surface area contributed by atoms with Crippen molar-refractivity contribution >= 4 is 70.1 Å². The predicted molar refractivity (Wildman–Crippen MR) is 278 cm³/mol. The maximum absolute atomic E-state index is 2.33. The number of benzene rings is 10. The van der Waals surface area contributed by atoms with Gasteiger partial charge in [0.05, 0.1) is 0 Å². The van der Waals surface area contributed by atoms with Crippen molar-refractivity contribution in [3.8, 4) is 44.5 Å². The normalized spacial score (nSPS) is 10.9. The molecule has 0 fully saturated rings. The third kappa shape index (κ3) is 9.14. The molecule has 12 aromatic rings. The van der Waals surface area contributed by atoms with E-state index < -0.39 is 0 Å². The zero-order chi connectivity index (χ0) is 43.7. The Hall–Kier alpha value is -5.86. The van der Waals surface area contributed by atoms with Crippen LogP contribution >= 0.6 is 0 Å².